The van der Waals surface area contributed by atoms with Crippen LogP contribution in [0, 0.1) is 6.92 Å². The Labute approximate surface area is 414 Å². The topological polar surface area (TPSA) is 216 Å². The van der Waals surface area contributed by atoms with Crippen LogP contribution in [0.2, 0.25) is 0 Å². The molecule has 370 valence electrons. The number of aryl methyl sites for hydroxylation is 1. The molecule has 2 atom stereocenters. The molecule has 2 aromatic carbocycles. The highest BCUT2D eigenvalue weighted by Crippen LogP contribution is 2.38. The number of likely N-dealkylation sites (tertiary alicyclic amines) is 2. The van der Waals surface area contributed by atoms with Crippen LogP contribution in [0.15, 0.2) is 70.1 Å². The number of aromatic nitrogens is 6. The number of piperazine rings is 1. The van der Waals surface area contributed by atoms with Crippen LogP contribution in [-0.4, -0.2) is 169 Å². The molecule has 0 aliphatic carbocycles. The molecule has 0 unspecified atom stereocenters. The van der Waals surface area contributed by atoms with E-state index in [1.54, 1.807) is 52.5 Å². The number of hydrogen-bond donors (Lipinski definition) is 3. The molecule has 0 radical (unpaired) electrons. The molecule has 5 amide bonds. The van der Waals surface area contributed by atoms with E-state index in [-0.39, 0.29) is 41.9 Å². The number of ether oxygens (including phenoxy) is 2. The maximum atomic E-state index is 14.4. The Hall–Kier alpha value is -6.36. The van der Waals surface area contributed by atoms with Crippen molar-refractivity contribution >= 4 is 57.7 Å². The molecule has 3 N–H and O–H groups in total. The van der Waals surface area contributed by atoms with Gasteiger partial charge in [-0.3, -0.25) is 24.6 Å². The Bertz CT molecular complexity index is 2730. The standard InChI is InChI=1S/C48H59N13O7S2/c1-30-24-49-46(65)52-44(30)69-29-43(63)61-31(2)39-10-9-38(67-4)21-32(39)22-41(61)45(64)58-13-11-36(12-14-58)59-25-33(26-59)40-27-60(55-54-40)19-20-68-37-7-5-34(6-8-37)50-47(66)53-48-51-35(28-70-48)23-42(62)57-17-15-56(3)16-18-57/h5-10,21,24,27-28,31,33,36,41H,11-20,22-23,25-26,29H2,1-4H3,(H,49,52,65)(H2,50,51,53,66)/t31-,41-/m1/s1. The molecular formula is C48H59N13O7S2. The lowest BCUT2D eigenvalue weighted by molar-refractivity contribution is -0.148. The van der Waals surface area contributed by atoms with Gasteiger partial charge in [-0.25, -0.2) is 19.3 Å². The predicted molar refractivity (Wildman–Crippen MR) is 264 cm³/mol. The smallest absolute Gasteiger partial charge is 0.345 e. The monoisotopic (exact) mass is 993 g/mol. The van der Waals surface area contributed by atoms with Crippen molar-refractivity contribution in [1.82, 2.24) is 54.4 Å². The first-order valence-corrected chi connectivity index (χ1v) is 25.6. The first kappa shape index (κ1) is 48.7. The number of aromatic amines is 1. The number of anilines is 2. The number of likely N-dealkylation sites (N-methyl/N-ethyl adjacent to an activating group) is 1. The summed E-state index contributed by atoms with van der Waals surface area (Å²) in [6.45, 7) is 10.8. The van der Waals surface area contributed by atoms with Gasteiger partial charge in [0.05, 0.1) is 43.3 Å². The lowest BCUT2D eigenvalue weighted by Crippen LogP contribution is -2.59. The van der Waals surface area contributed by atoms with Crippen LogP contribution >= 0.6 is 23.1 Å². The van der Waals surface area contributed by atoms with Crippen LogP contribution in [0.5, 0.6) is 11.5 Å². The third-order valence-corrected chi connectivity index (χ3v) is 15.5. The number of rotatable bonds is 15. The van der Waals surface area contributed by atoms with Gasteiger partial charge in [-0.15, -0.1) is 16.4 Å². The van der Waals surface area contributed by atoms with Crippen molar-refractivity contribution in [2.75, 3.05) is 89.5 Å². The summed E-state index contributed by atoms with van der Waals surface area (Å²) in [5.74, 6) is 1.50. The van der Waals surface area contributed by atoms with Crippen LogP contribution in [0.1, 0.15) is 59.8 Å². The molecule has 3 fully saturated rings. The van der Waals surface area contributed by atoms with Gasteiger partial charge in [-0.2, -0.15) is 4.98 Å². The molecule has 70 heavy (non-hydrogen) atoms. The SMILES string of the molecule is COc1ccc2c(c1)C[C@H](C(=O)N1CCC(N3CC(c4cn(CCOc5ccc(NC(=O)Nc6nc(CC(=O)N7CCN(C)CC7)cs6)cc5)nn4)C3)CC1)N(C(=O)CSc1nc(=O)[nH]cc1C)[C@@H]2C. The van der Waals surface area contributed by atoms with E-state index < -0.39 is 17.8 Å². The van der Waals surface area contributed by atoms with Crippen molar-refractivity contribution in [3.63, 3.8) is 0 Å². The average molecular weight is 994 g/mol. The zero-order valence-electron chi connectivity index (χ0n) is 39.8. The maximum absolute atomic E-state index is 14.4. The molecule has 0 saturated carbocycles. The third kappa shape index (κ3) is 11.5. The fourth-order valence-corrected chi connectivity index (χ4v) is 11.1. The number of fused-ring (bicyclic) bond motifs is 1. The highest BCUT2D eigenvalue weighted by Gasteiger charge is 2.43. The summed E-state index contributed by atoms with van der Waals surface area (Å²) in [5.41, 5.74) is 4.47. The zero-order chi connectivity index (χ0) is 48.9. The number of urea groups is 1. The molecule has 3 aromatic heterocycles. The Balaban J connectivity index is 0.700. The number of H-pyrrole nitrogens is 1. The number of amides is 5. The van der Waals surface area contributed by atoms with Crippen molar-refractivity contribution in [2.24, 2.45) is 0 Å². The van der Waals surface area contributed by atoms with E-state index in [1.807, 2.05) is 55.1 Å². The zero-order valence-corrected chi connectivity index (χ0v) is 41.5. The highest BCUT2D eigenvalue weighted by atomic mass is 32.2. The number of carbonyl (C=O) groups excluding carboxylic acids is 4. The van der Waals surface area contributed by atoms with E-state index >= 15 is 0 Å². The molecular weight excluding hydrogens is 935 g/mol. The first-order chi connectivity index (χ1) is 33.9. The number of piperidine rings is 1. The number of benzene rings is 2. The van der Waals surface area contributed by atoms with E-state index in [0.29, 0.717) is 84.8 Å². The van der Waals surface area contributed by atoms with Crippen LogP contribution in [0.3, 0.4) is 0 Å². The lowest BCUT2D eigenvalue weighted by Gasteiger charge is -2.48. The van der Waals surface area contributed by atoms with Crippen LogP contribution in [0.25, 0.3) is 0 Å². The van der Waals surface area contributed by atoms with Gasteiger partial charge in [-0.05, 0) is 86.8 Å². The number of thioether (sulfide) groups is 1. The number of carbonyl (C=O) groups is 4. The van der Waals surface area contributed by atoms with Crippen molar-refractivity contribution < 1.29 is 28.7 Å². The number of methoxy groups -OCH3 is 1. The van der Waals surface area contributed by atoms with Crippen molar-refractivity contribution in [3.05, 3.63) is 98.8 Å². The summed E-state index contributed by atoms with van der Waals surface area (Å²) in [6.07, 6.45) is 5.85. The van der Waals surface area contributed by atoms with Gasteiger partial charge in [0.2, 0.25) is 17.7 Å². The van der Waals surface area contributed by atoms with Gasteiger partial charge in [-0.1, -0.05) is 23.0 Å². The van der Waals surface area contributed by atoms with Crippen molar-refractivity contribution in [1.29, 1.82) is 0 Å². The van der Waals surface area contributed by atoms with Crippen LogP contribution in [-0.2, 0) is 33.8 Å². The molecule has 22 heteroatoms. The molecule has 7 heterocycles. The molecule has 0 bridgehead atoms. The second kappa shape index (κ2) is 21.7. The molecule has 3 saturated heterocycles. The second-order valence-electron chi connectivity index (χ2n) is 18.3. The minimum absolute atomic E-state index is 0.0434. The number of hydrogen-bond acceptors (Lipinski definition) is 15. The Morgan fingerprint density at radius 1 is 0.929 bits per heavy atom. The van der Waals surface area contributed by atoms with Gasteiger partial charge >= 0.3 is 11.7 Å². The first-order valence-electron chi connectivity index (χ1n) is 23.7. The summed E-state index contributed by atoms with van der Waals surface area (Å²) in [4.78, 5) is 87.0. The van der Waals surface area contributed by atoms with Crippen molar-refractivity contribution in [3.8, 4) is 11.5 Å². The van der Waals surface area contributed by atoms with Crippen LogP contribution in [0.4, 0.5) is 15.6 Å². The summed E-state index contributed by atoms with van der Waals surface area (Å²) in [6, 6.07) is 11.9. The minimum Gasteiger partial charge on any atom is -0.497 e. The molecule has 0 spiro atoms. The van der Waals surface area contributed by atoms with Gasteiger partial charge in [0.1, 0.15) is 29.2 Å². The fourth-order valence-electron chi connectivity index (χ4n) is 9.60. The number of nitrogens with zero attached hydrogens (tertiary/aromatic N) is 10. The van der Waals surface area contributed by atoms with E-state index in [4.69, 9.17) is 9.47 Å². The molecule has 9 rings (SSSR count). The maximum Gasteiger partial charge on any atom is 0.345 e. The summed E-state index contributed by atoms with van der Waals surface area (Å²) in [7, 11) is 3.67. The van der Waals surface area contributed by atoms with E-state index in [2.05, 4.69) is 45.7 Å². The lowest BCUT2D eigenvalue weighted by atomic mass is 9.87. The predicted octanol–water partition coefficient (Wildman–Crippen LogP) is 3.87. The minimum atomic E-state index is -0.667. The third-order valence-electron chi connectivity index (χ3n) is 13.7. The second-order valence-corrected chi connectivity index (χ2v) is 20.1. The van der Waals surface area contributed by atoms with E-state index in [1.165, 1.54) is 23.1 Å². The molecule has 5 aromatic rings. The quantitative estimate of drug-likeness (QED) is 0.100. The van der Waals surface area contributed by atoms with Gasteiger partial charge < -0.3 is 39.4 Å². The largest absolute Gasteiger partial charge is 0.497 e. The average Bonchev–Trinajstić information content (AvgIpc) is 4.00. The highest BCUT2D eigenvalue weighted by molar-refractivity contribution is 7.99. The van der Waals surface area contributed by atoms with Crippen LogP contribution < -0.4 is 25.8 Å². The molecule has 20 nitrogen and oxygen atoms in total. The van der Waals surface area contributed by atoms with Gasteiger partial charge in [0.15, 0.2) is 5.13 Å². The van der Waals surface area contributed by atoms with E-state index in [0.717, 1.165) is 61.4 Å². The summed E-state index contributed by atoms with van der Waals surface area (Å²) < 4.78 is 13.3. The molecule has 4 aliphatic heterocycles. The summed E-state index contributed by atoms with van der Waals surface area (Å²) in [5, 5.41) is 17.1. The normalized spacial score (nSPS) is 19.1. The van der Waals surface area contributed by atoms with E-state index in [9.17, 15) is 24.0 Å². The summed E-state index contributed by atoms with van der Waals surface area (Å²) >= 11 is 2.50. The molecule has 4 aliphatic rings. The number of thiazole rings is 1. The Kier molecular flexibility index (Phi) is 15.1. The Morgan fingerprint density at radius 3 is 2.44 bits per heavy atom. The van der Waals surface area contributed by atoms with Crippen molar-refractivity contribution in [2.45, 2.75) is 75.1 Å². The van der Waals surface area contributed by atoms with Gasteiger partial charge in [0.25, 0.3) is 0 Å². The van der Waals surface area contributed by atoms with Gasteiger partial charge in [0, 0.05) is 94.2 Å². The Morgan fingerprint density at radius 2 is 1.69 bits per heavy atom. The number of nitrogens with one attached hydrogen (secondary N) is 3. The fraction of sp³-hybridized carbons (Fsp3) is 0.479.